The van der Waals surface area contributed by atoms with E-state index in [1.807, 2.05) is 0 Å². The van der Waals surface area contributed by atoms with E-state index in [0.29, 0.717) is 0 Å². The number of halogens is 1. The molecule has 1 aromatic rings. The highest BCUT2D eigenvalue weighted by molar-refractivity contribution is 6.32. The van der Waals surface area contributed by atoms with E-state index in [2.05, 4.69) is 10.3 Å². The Morgan fingerprint density at radius 3 is 2.86 bits per heavy atom. The average molecular weight is 215 g/mol. The molecule has 0 bridgehead atoms. The SMILES string of the molecule is O=C(O)CNC(=O)c1cccnc1Cl. The summed E-state index contributed by atoms with van der Waals surface area (Å²) in [5.74, 6) is -1.66. The Kier molecular flexibility index (Phi) is 3.41. The molecule has 14 heavy (non-hydrogen) atoms. The van der Waals surface area contributed by atoms with Crippen LogP contribution in [0.1, 0.15) is 10.4 Å². The minimum Gasteiger partial charge on any atom is -0.480 e. The Morgan fingerprint density at radius 2 is 2.29 bits per heavy atom. The van der Waals surface area contributed by atoms with Gasteiger partial charge in [-0.2, -0.15) is 0 Å². The fourth-order valence-electron chi connectivity index (χ4n) is 0.807. The van der Waals surface area contributed by atoms with E-state index in [4.69, 9.17) is 16.7 Å². The fraction of sp³-hybridized carbons (Fsp3) is 0.125. The number of carboxylic acids is 1. The second-order valence-corrected chi connectivity index (χ2v) is 2.78. The van der Waals surface area contributed by atoms with Crippen molar-refractivity contribution < 1.29 is 14.7 Å². The van der Waals surface area contributed by atoms with Crippen molar-refractivity contribution in [3.8, 4) is 0 Å². The third-order valence-corrected chi connectivity index (χ3v) is 1.71. The highest BCUT2D eigenvalue weighted by Gasteiger charge is 2.10. The second kappa shape index (κ2) is 4.57. The van der Waals surface area contributed by atoms with E-state index < -0.39 is 18.4 Å². The summed E-state index contributed by atoms with van der Waals surface area (Å²) in [5.41, 5.74) is 0.162. The standard InChI is InChI=1S/C8H7ClN2O3/c9-7-5(2-1-3-10-7)8(14)11-4-6(12)13/h1-3H,4H2,(H,11,14)(H,12,13). The molecule has 0 aromatic carbocycles. The Balaban J connectivity index is 2.70. The van der Waals surface area contributed by atoms with Crippen LogP contribution in [-0.2, 0) is 4.79 Å². The summed E-state index contributed by atoms with van der Waals surface area (Å²) in [5, 5.41) is 10.5. The van der Waals surface area contributed by atoms with E-state index in [-0.39, 0.29) is 10.7 Å². The molecular formula is C8H7ClN2O3. The normalized spacial score (nSPS) is 9.50. The van der Waals surface area contributed by atoms with Crippen molar-refractivity contribution in [3.05, 3.63) is 29.0 Å². The summed E-state index contributed by atoms with van der Waals surface area (Å²) < 4.78 is 0. The number of nitrogens with zero attached hydrogens (tertiary/aromatic N) is 1. The first-order valence-electron chi connectivity index (χ1n) is 3.72. The number of amides is 1. The average Bonchev–Trinajstić information content (AvgIpc) is 2.15. The van der Waals surface area contributed by atoms with Crippen LogP contribution in [0.4, 0.5) is 0 Å². The van der Waals surface area contributed by atoms with E-state index in [1.54, 1.807) is 6.07 Å². The zero-order valence-corrected chi connectivity index (χ0v) is 7.78. The number of carbonyl (C=O) groups excluding carboxylic acids is 1. The number of pyridine rings is 1. The Bertz CT molecular complexity index is 367. The van der Waals surface area contributed by atoms with Gasteiger partial charge in [-0.1, -0.05) is 11.6 Å². The van der Waals surface area contributed by atoms with Gasteiger partial charge in [0.25, 0.3) is 5.91 Å². The van der Waals surface area contributed by atoms with Crippen LogP contribution in [0, 0.1) is 0 Å². The second-order valence-electron chi connectivity index (χ2n) is 2.42. The van der Waals surface area contributed by atoms with E-state index in [9.17, 15) is 9.59 Å². The van der Waals surface area contributed by atoms with Crippen molar-refractivity contribution >= 4 is 23.5 Å². The molecule has 0 saturated heterocycles. The predicted molar refractivity (Wildman–Crippen MR) is 49.2 cm³/mol. The topological polar surface area (TPSA) is 79.3 Å². The Morgan fingerprint density at radius 1 is 1.57 bits per heavy atom. The lowest BCUT2D eigenvalue weighted by Crippen LogP contribution is -2.29. The maximum absolute atomic E-state index is 11.3. The molecule has 0 fully saturated rings. The largest absolute Gasteiger partial charge is 0.480 e. The summed E-state index contributed by atoms with van der Waals surface area (Å²) >= 11 is 5.62. The Hall–Kier alpha value is -1.62. The summed E-state index contributed by atoms with van der Waals surface area (Å²) in [7, 11) is 0. The van der Waals surface area contributed by atoms with Crippen LogP contribution < -0.4 is 5.32 Å². The molecule has 0 aliphatic heterocycles. The minimum absolute atomic E-state index is 0.0513. The van der Waals surface area contributed by atoms with Crippen LogP contribution in [-0.4, -0.2) is 28.5 Å². The molecule has 5 nitrogen and oxygen atoms in total. The molecule has 0 atom stereocenters. The van der Waals surface area contributed by atoms with E-state index >= 15 is 0 Å². The zero-order chi connectivity index (χ0) is 10.6. The van der Waals surface area contributed by atoms with Gasteiger partial charge in [0.15, 0.2) is 0 Å². The van der Waals surface area contributed by atoms with Crippen molar-refractivity contribution in [2.75, 3.05) is 6.54 Å². The smallest absolute Gasteiger partial charge is 0.322 e. The molecule has 6 heteroatoms. The molecule has 0 spiro atoms. The van der Waals surface area contributed by atoms with Gasteiger partial charge in [-0.15, -0.1) is 0 Å². The number of nitrogens with one attached hydrogen (secondary N) is 1. The van der Waals surface area contributed by atoms with Gasteiger partial charge >= 0.3 is 5.97 Å². The molecule has 0 aliphatic carbocycles. The van der Waals surface area contributed by atoms with E-state index in [0.717, 1.165) is 0 Å². The molecule has 0 saturated carbocycles. The van der Waals surface area contributed by atoms with Crippen molar-refractivity contribution in [2.45, 2.75) is 0 Å². The third kappa shape index (κ3) is 2.70. The molecule has 0 radical (unpaired) electrons. The number of carbonyl (C=O) groups is 2. The first-order valence-corrected chi connectivity index (χ1v) is 4.09. The molecule has 0 aliphatic rings. The van der Waals surface area contributed by atoms with Gasteiger partial charge in [0.2, 0.25) is 0 Å². The number of hydrogen-bond acceptors (Lipinski definition) is 3. The van der Waals surface area contributed by atoms with Crippen LogP contribution in [0.25, 0.3) is 0 Å². The van der Waals surface area contributed by atoms with Crippen molar-refractivity contribution in [3.63, 3.8) is 0 Å². The first-order chi connectivity index (χ1) is 6.61. The summed E-state index contributed by atoms with van der Waals surface area (Å²) in [6.07, 6.45) is 1.44. The van der Waals surface area contributed by atoms with Gasteiger partial charge < -0.3 is 10.4 Å². The minimum atomic E-state index is -1.11. The predicted octanol–water partition coefficient (Wildman–Crippen LogP) is 0.549. The quantitative estimate of drug-likeness (QED) is 0.721. The third-order valence-electron chi connectivity index (χ3n) is 1.40. The van der Waals surface area contributed by atoms with Crippen LogP contribution >= 0.6 is 11.6 Å². The van der Waals surface area contributed by atoms with E-state index in [1.165, 1.54) is 12.3 Å². The van der Waals surface area contributed by atoms with Crippen molar-refractivity contribution in [1.82, 2.24) is 10.3 Å². The molecule has 2 N–H and O–H groups in total. The molecule has 1 heterocycles. The lowest BCUT2D eigenvalue weighted by Gasteiger charge is -2.02. The fourth-order valence-corrected chi connectivity index (χ4v) is 1.01. The molecule has 1 amide bonds. The van der Waals surface area contributed by atoms with Gasteiger partial charge in [-0.25, -0.2) is 4.98 Å². The van der Waals surface area contributed by atoms with Crippen LogP contribution in [0.3, 0.4) is 0 Å². The number of hydrogen-bond donors (Lipinski definition) is 2. The Labute approximate surface area is 84.7 Å². The highest BCUT2D eigenvalue weighted by atomic mass is 35.5. The van der Waals surface area contributed by atoms with Crippen molar-refractivity contribution in [1.29, 1.82) is 0 Å². The number of aromatic nitrogens is 1. The monoisotopic (exact) mass is 214 g/mol. The van der Waals surface area contributed by atoms with Gasteiger partial charge in [-0.05, 0) is 12.1 Å². The van der Waals surface area contributed by atoms with Gasteiger partial charge in [0, 0.05) is 6.20 Å². The lowest BCUT2D eigenvalue weighted by atomic mass is 10.3. The maximum Gasteiger partial charge on any atom is 0.322 e. The van der Waals surface area contributed by atoms with Crippen LogP contribution in [0.15, 0.2) is 18.3 Å². The van der Waals surface area contributed by atoms with Crippen LogP contribution in [0.2, 0.25) is 5.15 Å². The van der Waals surface area contributed by atoms with Crippen molar-refractivity contribution in [2.24, 2.45) is 0 Å². The molecular weight excluding hydrogens is 208 g/mol. The maximum atomic E-state index is 11.3. The zero-order valence-electron chi connectivity index (χ0n) is 7.03. The number of rotatable bonds is 3. The summed E-state index contributed by atoms with van der Waals surface area (Å²) in [6.45, 7) is -0.440. The van der Waals surface area contributed by atoms with Crippen LogP contribution in [0.5, 0.6) is 0 Å². The molecule has 0 unspecified atom stereocenters. The lowest BCUT2D eigenvalue weighted by molar-refractivity contribution is -0.135. The number of aliphatic carboxylic acids is 1. The van der Waals surface area contributed by atoms with Gasteiger partial charge in [0.1, 0.15) is 11.7 Å². The van der Waals surface area contributed by atoms with Gasteiger partial charge in [0.05, 0.1) is 5.56 Å². The van der Waals surface area contributed by atoms with Gasteiger partial charge in [-0.3, -0.25) is 9.59 Å². The number of carboxylic acid groups (broad SMARTS) is 1. The highest BCUT2D eigenvalue weighted by Crippen LogP contribution is 2.10. The summed E-state index contributed by atoms with van der Waals surface area (Å²) in [4.78, 5) is 25.1. The summed E-state index contributed by atoms with van der Waals surface area (Å²) in [6, 6.07) is 3.01. The molecule has 1 rings (SSSR count). The molecule has 1 aromatic heterocycles. The first kappa shape index (κ1) is 10.5. The molecule has 74 valence electrons.